The first-order chi connectivity index (χ1) is 8.59. The van der Waals surface area contributed by atoms with E-state index in [4.69, 9.17) is 5.73 Å². The van der Waals surface area contributed by atoms with E-state index in [1.54, 1.807) is 11.8 Å². The van der Waals surface area contributed by atoms with E-state index in [1.165, 1.54) is 19.3 Å². The molecule has 2 fully saturated rings. The standard InChI is InChI=1S/C14H26N2OS.ClH/c1-11-4-8-16(10-14(11)6-3-7-14)13(17)12(15)5-9-18-2;/h11-12H,3-10,15H2,1-2H3;1H. The normalized spacial score (nSPS) is 26.5. The first-order valence-corrected chi connectivity index (χ1v) is 8.52. The van der Waals surface area contributed by atoms with Gasteiger partial charge in [-0.2, -0.15) is 11.8 Å². The Morgan fingerprint density at radius 3 is 2.74 bits per heavy atom. The zero-order valence-electron chi connectivity index (χ0n) is 12.1. The topological polar surface area (TPSA) is 46.3 Å². The lowest BCUT2D eigenvalue weighted by Gasteiger charge is -2.53. The van der Waals surface area contributed by atoms with Gasteiger partial charge in [-0.1, -0.05) is 13.3 Å². The van der Waals surface area contributed by atoms with Crippen molar-refractivity contribution in [2.24, 2.45) is 17.1 Å². The lowest BCUT2D eigenvalue weighted by atomic mass is 9.59. The molecule has 112 valence electrons. The lowest BCUT2D eigenvalue weighted by Crippen LogP contribution is -2.56. The second kappa shape index (κ2) is 7.19. The largest absolute Gasteiger partial charge is 0.341 e. The molecule has 2 atom stereocenters. The minimum atomic E-state index is -0.289. The fraction of sp³-hybridized carbons (Fsp3) is 0.929. The highest BCUT2D eigenvalue weighted by Gasteiger charge is 2.46. The maximum absolute atomic E-state index is 12.3. The molecular formula is C14H27ClN2OS. The fourth-order valence-corrected chi connectivity index (χ4v) is 3.83. The van der Waals surface area contributed by atoms with Gasteiger partial charge >= 0.3 is 0 Å². The number of nitrogens with two attached hydrogens (primary N) is 1. The van der Waals surface area contributed by atoms with Crippen LogP contribution < -0.4 is 5.73 Å². The number of amides is 1. The van der Waals surface area contributed by atoms with Crippen molar-refractivity contribution < 1.29 is 4.79 Å². The molecule has 0 radical (unpaired) electrons. The number of halogens is 1. The van der Waals surface area contributed by atoms with E-state index < -0.39 is 0 Å². The molecule has 1 spiro atoms. The summed E-state index contributed by atoms with van der Waals surface area (Å²) in [6, 6.07) is -0.289. The van der Waals surface area contributed by atoms with Crippen molar-refractivity contribution in [3.8, 4) is 0 Å². The predicted octanol–water partition coefficient (Wildman–Crippen LogP) is 2.53. The van der Waals surface area contributed by atoms with Crippen LogP contribution in [0.15, 0.2) is 0 Å². The van der Waals surface area contributed by atoms with Crippen molar-refractivity contribution in [1.82, 2.24) is 4.90 Å². The molecule has 1 aliphatic carbocycles. The average molecular weight is 307 g/mol. The quantitative estimate of drug-likeness (QED) is 0.868. The lowest BCUT2D eigenvalue weighted by molar-refractivity contribution is -0.140. The molecule has 2 aliphatic rings. The Hall–Kier alpha value is 0.0700. The van der Waals surface area contributed by atoms with Crippen LogP contribution in [0.2, 0.25) is 0 Å². The Balaban J connectivity index is 0.00000180. The Bertz CT molecular complexity index is 310. The maximum atomic E-state index is 12.3. The highest BCUT2D eigenvalue weighted by molar-refractivity contribution is 7.98. The maximum Gasteiger partial charge on any atom is 0.239 e. The van der Waals surface area contributed by atoms with E-state index in [1.807, 2.05) is 4.90 Å². The second-order valence-corrected chi connectivity index (χ2v) is 7.04. The number of thioether (sulfide) groups is 1. The van der Waals surface area contributed by atoms with Crippen LogP contribution in [0, 0.1) is 11.3 Å². The van der Waals surface area contributed by atoms with Gasteiger partial charge in [-0.25, -0.2) is 0 Å². The molecule has 2 N–H and O–H groups in total. The molecule has 1 saturated heterocycles. The van der Waals surface area contributed by atoms with Gasteiger partial charge in [-0.3, -0.25) is 4.79 Å². The van der Waals surface area contributed by atoms with Crippen molar-refractivity contribution in [1.29, 1.82) is 0 Å². The van der Waals surface area contributed by atoms with Crippen molar-refractivity contribution in [2.45, 2.75) is 45.1 Å². The van der Waals surface area contributed by atoms with Crippen molar-refractivity contribution >= 4 is 30.1 Å². The molecular weight excluding hydrogens is 280 g/mol. The smallest absolute Gasteiger partial charge is 0.239 e. The highest BCUT2D eigenvalue weighted by atomic mass is 35.5. The van der Waals surface area contributed by atoms with Crippen molar-refractivity contribution in [3.05, 3.63) is 0 Å². The predicted molar refractivity (Wildman–Crippen MR) is 84.9 cm³/mol. The third kappa shape index (κ3) is 3.59. The molecule has 19 heavy (non-hydrogen) atoms. The summed E-state index contributed by atoms with van der Waals surface area (Å²) in [5.74, 6) is 1.93. The second-order valence-electron chi connectivity index (χ2n) is 6.05. The summed E-state index contributed by atoms with van der Waals surface area (Å²) in [5, 5.41) is 0. The van der Waals surface area contributed by atoms with E-state index in [0.29, 0.717) is 5.41 Å². The van der Waals surface area contributed by atoms with E-state index >= 15 is 0 Å². The Kier molecular flexibility index (Phi) is 6.48. The fourth-order valence-electron chi connectivity index (χ4n) is 3.34. The number of hydrogen-bond donors (Lipinski definition) is 1. The van der Waals surface area contributed by atoms with Crippen LogP contribution in [0.1, 0.15) is 39.0 Å². The summed E-state index contributed by atoms with van der Waals surface area (Å²) in [6.45, 7) is 4.23. The summed E-state index contributed by atoms with van der Waals surface area (Å²) < 4.78 is 0. The summed E-state index contributed by atoms with van der Waals surface area (Å²) >= 11 is 1.76. The number of rotatable bonds is 4. The first-order valence-electron chi connectivity index (χ1n) is 7.12. The van der Waals surface area contributed by atoms with E-state index in [9.17, 15) is 4.79 Å². The summed E-state index contributed by atoms with van der Waals surface area (Å²) in [4.78, 5) is 14.4. The minimum absolute atomic E-state index is 0. The molecule has 0 aromatic heterocycles. The monoisotopic (exact) mass is 306 g/mol. The van der Waals surface area contributed by atoms with E-state index in [0.717, 1.165) is 37.6 Å². The van der Waals surface area contributed by atoms with Crippen LogP contribution in [0.4, 0.5) is 0 Å². The molecule has 1 aliphatic heterocycles. The van der Waals surface area contributed by atoms with Gasteiger partial charge in [0.1, 0.15) is 0 Å². The number of carbonyl (C=O) groups is 1. The molecule has 1 saturated carbocycles. The molecule has 2 unspecified atom stereocenters. The average Bonchev–Trinajstić information content (AvgIpc) is 2.33. The number of carbonyl (C=O) groups excluding carboxylic acids is 1. The van der Waals surface area contributed by atoms with Gasteiger partial charge in [0, 0.05) is 13.1 Å². The summed E-state index contributed by atoms with van der Waals surface area (Å²) in [5.41, 5.74) is 6.45. The van der Waals surface area contributed by atoms with Crippen molar-refractivity contribution in [2.75, 3.05) is 25.1 Å². The third-order valence-electron chi connectivity index (χ3n) is 4.99. The molecule has 0 aromatic carbocycles. The number of likely N-dealkylation sites (tertiary alicyclic amines) is 1. The zero-order valence-corrected chi connectivity index (χ0v) is 13.7. The van der Waals surface area contributed by atoms with E-state index in [-0.39, 0.29) is 24.4 Å². The van der Waals surface area contributed by atoms with Crippen LogP contribution in [0.3, 0.4) is 0 Å². The molecule has 5 heteroatoms. The van der Waals surface area contributed by atoms with Crippen LogP contribution in [-0.4, -0.2) is 41.9 Å². The van der Waals surface area contributed by atoms with Crippen LogP contribution >= 0.6 is 24.2 Å². The van der Waals surface area contributed by atoms with Gasteiger partial charge in [-0.05, 0) is 49.0 Å². The Morgan fingerprint density at radius 1 is 1.53 bits per heavy atom. The SMILES string of the molecule is CSCCC(N)C(=O)N1CCC(C)C2(CCC2)C1.Cl. The molecule has 1 heterocycles. The Labute approximate surface area is 127 Å². The number of nitrogens with zero attached hydrogens (tertiary/aromatic N) is 1. The zero-order chi connectivity index (χ0) is 13.2. The minimum Gasteiger partial charge on any atom is -0.341 e. The molecule has 0 bridgehead atoms. The molecule has 3 nitrogen and oxygen atoms in total. The summed E-state index contributed by atoms with van der Waals surface area (Å²) in [6.07, 6.45) is 7.96. The Morgan fingerprint density at radius 2 is 2.21 bits per heavy atom. The van der Waals surface area contributed by atoms with Gasteiger partial charge < -0.3 is 10.6 Å². The van der Waals surface area contributed by atoms with E-state index in [2.05, 4.69) is 13.2 Å². The van der Waals surface area contributed by atoms with Crippen LogP contribution in [0.25, 0.3) is 0 Å². The molecule has 2 rings (SSSR count). The number of piperidine rings is 1. The molecule has 1 amide bonds. The van der Waals surface area contributed by atoms with Gasteiger partial charge in [0.25, 0.3) is 0 Å². The van der Waals surface area contributed by atoms with Gasteiger partial charge in [0.15, 0.2) is 0 Å². The molecule has 0 aromatic rings. The first kappa shape index (κ1) is 17.1. The van der Waals surface area contributed by atoms with Crippen LogP contribution in [0.5, 0.6) is 0 Å². The summed E-state index contributed by atoms with van der Waals surface area (Å²) in [7, 11) is 0. The van der Waals surface area contributed by atoms with Crippen molar-refractivity contribution in [3.63, 3.8) is 0 Å². The van der Waals surface area contributed by atoms with Crippen LogP contribution in [-0.2, 0) is 4.79 Å². The number of hydrogen-bond acceptors (Lipinski definition) is 3. The van der Waals surface area contributed by atoms with Gasteiger partial charge in [-0.15, -0.1) is 12.4 Å². The highest BCUT2D eigenvalue weighted by Crippen LogP contribution is 2.50. The van der Waals surface area contributed by atoms with Gasteiger partial charge in [0.05, 0.1) is 6.04 Å². The third-order valence-corrected chi connectivity index (χ3v) is 5.64. The van der Waals surface area contributed by atoms with Gasteiger partial charge in [0.2, 0.25) is 5.91 Å².